The molecule has 1 aromatic heterocycles. The fraction of sp³-hybridized carbons (Fsp3) is 0.294. The maximum Gasteiger partial charge on any atom is 0.438 e. The number of hydrazone groups is 1. The Morgan fingerprint density at radius 3 is 2.63 bits per heavy atom. The number of rotatable bonds is 4. The largest absolute Gasteiger partial charge is 0.486 e. The summed E-state index contributed by atoms with van der Waals surface area (Å²) in [4.78, 5) is 12.4. The first-order valence-corrected chi connectivity index (χ1v) is 8.83. The lowest BCUT2D eigenvalue weighted by Gasteiger charge is -2.32. The molecule has 0 saturated carbocycles. The standard InChI is InChI=1S/C17H14F3IN2O4/c1-10-8-16(25,17(18,19)20)23(22-10)15(24)14-7-6-13(27-14)9-26-12-4-2-11(21)3-5-12/h2-7,25H,8-9H2,1H3/t16-/m1/s1. The van der Waals surface area contributed by atoms with E-state index in [-0.39, 0.29) is 28.8 Å². The van der Waals surface area contributed by atoms with E-state index in [9.17, 15) is 23.1 Å². The highest BCUT2D eigenvalue weighted by Crippen LogP contribution is 2.40. The lowest BCUT2D eigenvalue weighted by atomic mass is 10.1. The summed E-state index contributed by atoms with van der Waals surface area (Å²) < 4.78 is 51.5. The van der Waals surface area contributed by atoms with Gasteiger partial charge in [0.05, 0.1) is 0 Å². The molecule has 2 aromatic rings. The number of benzene rings is 1. The molecule has 1 N–H and O–H groups in total. The summed E-state index contributed by atoms with van der Waals surface area (Å²) in [6.07, 6.45) is -5.88. The molecule has 0 saturated heterocycles. The van der Waals surface area contributed by atoms with Gasteiger partial charge < -0.3 is 14.3 Å². The number of hydrogen-bond acceptors (Lipinski definition) is 5. The summed E-state index contributed by atoms with van der Waals surface area (Å²) in [5.41, 5.74) is -3.41. The molecule has 1 amide bonds. The summed E-state index contributed by atoms with van der Waals surface area (Å²) in [5, 5.41) is 13.5. The van der Waals surface area contributed by atoms with Crippen molar-refractivity contribution >= 4 is 34.2 Å². The van der Waals surface area contributed by atoms with E-state index in [4.69, 9.17) is 9.15 Å². The van der Waals surface area contributed by atoms with Crippen molar-refractivity contribution < 1.29 is 32.2 Å². The third-order valence-electron chi connectivity index (χ3n) is 3.84. The molecule has 6 nitrogen and oxygen atoms in total. The van der Waals surface area contributed by atoms with Gasteiger partial charge in [-0.25, -0.2) is 0 Å². The van der Waals surface area contributed by atoms with Crippen molar-refractivity contribution in [2.24, 2.45) is 5.10 Å². The zero-order valence-electron chi connectivity index (χ0n) is 14.0. The summed E-state index contributed by atoms with van der Waals surface area (Å²) in [6, 6.07) is 9.83. The SMILES string of the molecule is CC1=NN(C(=O)c2ccc(COc3ccc(I)cc3)o2)[C@](O)(C(F)(F)F)C1. The molecule has 0 unspecified atom stereocenters. The van der Waals surface area contributed by atoms with Crippen molar-refractivity contribution in [1.29, 1.82) is 0 Å². The highest BCUT2D eigenvalue weighted by atomic mass is 127. The first-order chi connectivity index (χ1) is 12.6. The Morgan fingerprint density at radius 2 is 2.00 bits per heavy atom. The third kappa shape index (κ3) is 3.95. The van der Waals surface area contributed by atoms with Gasteiger partial charge in [0, 0.05) is 15.7 Å². The van der Waals surface area contributed by atoms with Crippen molar-refractivity contribution in [3.8, 4) is 5.75 Å². The van der Waals surface area contributed by atoms with Gasteiger partial charge in [-0.2, -0.15) is 23.3 Å². The monoisotopic (exact) mass is 494 g/mol. The first kappa shape index (κ1) is 19.7. The number of alkyl halides is 3. The van der Waals surface area contributed by atoms with Crippen LogP contribution < -0.4 is 4.74 Å². The smallest absolute Gasteiger partial charge is 0.438 e. The molecule has 0 spiro atoms. The Labute approximate surface area is 165 Å². The summed E-state index contributed by atoms with van der Waals surface area (Å²) in [5.74, 6) is -0.747. The van der Waals surface area contributed by atoms with E-state index in [0.717, 1.165) is 3.57 Å². The van der Waals surface area contributed by atoms with E-state index in [1.165, 1.54) is 19.1 Å². The predicted octanol–water partition coefficient (Wildman–Crippen LogP) is 3.94. The molecule has 1 aliphatic heterocycles. The molecule has 0 radical (unpaired) electrons. The number of aliphatic hydroxyl groups is 1. The van der Waals surface area contributed by atoms with Crippen LogP contribution >= 0.6 is 22.6 Å². The molecule has 0 fully saturated rings. The van der Waals surface area contributed by atoms with E-state index in [1.807, 2.05) is 12.1 Å². The number of halogens is 4. The number of amides is 1. The minimum absolute atomic E-state index is 0.0142. The highest BCUT2D eigenvalue weighted by molar-refractivity contribution is 14.1. The van der Waals surface area contributed by atoms with E-state index < -0.39 is 24.2 Å². The quantitative estimate of drug-likeness (QED) is 0.654. The first-order valence-electron chi connectivity index (χ1n) is 7.75. The molecule has 0 bridgehead atoms. The van der Waals surface area contributed by atoms with Gasteiger partial charge in [0.2, 0.25) is 0 Å². The minimum Gasteiger partial charge on any atom is -0.486 e. The number of ether oxygens (including phenoxy) is 1. The van der Waals surface area contributed by atoms with Crippen LogP contribution in [0.3, 0.4) is 0 Å². The molecule has 2 heterocycles. The normalized spacial score (nSPS) is 19.9. The van der Waals surface area contributed by atoms with Crippen LogP contribution in [0.2, 0.25) is 0 Å². The van der Waals surface area contributed by atoms with Crippen molar-refractivity contribution in [3.05, 3.63) is 51.5 Å². The number of carbonyl (C=O) groups is 1. The van der Waals surface area contributed by atoms with Gasteiger partial charge in [0.15, 0.2) is 5.76 Å². The molecule has 1 aromatic carbocycles. The molecular weight excluding hydrogens is 480 g/mol. The summed E-state index contributed by atoms with van der Waals surface area (Å²) in [7, 11) is 0. The predicted molar refractivity (Wildman–Crippen MR) is 97.1 cm³/mol. The molecule has 0 aliphatic carbocycles. The third-order valence-corrected chi connectivity index (χ3v) is 4.56. The molecule has 144 valence electrons. The number of hydrogen-bond donors (Lipinski definition) is 1. The van der Waals surface area contributed by atoms with Crippen LogP contribution in [0, 0.1) is 3.57 Å². The zero-order chi connectivity index (χ0) is 19.8. The Kier molecular flexibility index (Phi) is 5.21. The Hall–Kier alpha value is -2.08. The lowest BCUT2D eigenvalue weighted by Crippen LogP contribution is -2.56. The van der Waals surface area contributed by atoms with Gasteiger partial charge in [-0.3, -0.25) is 4.79 Å². The molecular formula is C17H14F3IN2O4. The summed E-state index contributed by atoms with van der Waals surface area (Å²) in [6.45, 7) is 1.28. The van der Waals surface area contributed by atoms with E-state index in [0.29, 0.717) is 5.75 Å². The van der Waals surface area contributed by atoms with Crippen LogP contribution in [0.4, 0.5) is 13.2 Å². The van der Waals surface area contributed by atoms with E-state index in [2.05, 4.69) is 27.7 Å². The van der Waals surface area contributed by atoms with E-state index in [1.54, 1.807) is 12.1 Å². The van der Waals surface area contributed by atoms with Crippen molar-refractivity contribution in [2.45, 2.75) is 31.9 Å². The van der Waals surface area contributed by atoms with Gasteiger partial charge in [0.1, 0.15) is 18.1 Å². The molecule has 3 rings (SSSR count). The summed E-state index contributed by atoms with van der Waals surface area (Å²) >= 11 is 2.15. The second-order valence-corrected chi connectivity index (χ2v) is 7.20. The number of furan rings is 1. The zero-order valence-corrected chi connectivity index (χ0v) is 16.1. The Morgan fingerprint density at radius 1 is 1.33 bits per heavy atom. The fourth-order valence-corrected chi connectivity index (χ4v) is 2.87. The minimum atomic E-state index is -5.06. The second kappa shape index (κ2) is 7.15. The van der Waals surface area contributed by atoms with Crippen LogP contribution in [0.5, 0.6) is 5.75 Å². The van der Waals surface area contributed by atoms with Gasteiger partial charge >= 0.3 is 12.1 Å². The molecule has 27 heavy (non-hydrogen) atoms. The Balaban J connectivity index is 1.73. The van der Waals surface area contributed by atoms with Crippen LogP contribution in [0.25, 0.3) is 0 Å². The molecule has 1 atom stereocenters. The van der Waals surface area contributed by atoms with Crippen LogP contribution in [0.1, 0.15) is 29.7 Å². The topological polar surface area (TPSA) is 75.3 Å². The van der Waals surface area contributed by atoms with Gasteiger partial charge in [-0.05, 0) is 65.9 Å². The van der Waals surface area contributed by atoms with Crippen LogP contribution in [-0.2, 0) is 6.61 Å². The van der Waals surface area contributed by atoms with Crippen molar-refractivity contribution in [2.75, 3.05) is 0 Å². The van der Waals surface area contributed by atoms with Crippen molar-refractivity contribution in [1.82, 2.24) is 5.01 Å². The average Bonchev–Trinajstić information content (AvgIpc) is 3.18. The number of carbonyl (C=O) groups excluding carboxylic acids is 1. The highest BCUT2D eigenvalue weighted by Gasteiger charge is 2.63. The Bertz CT molecular complexity index is 879. The average molecular weight is 494 g/mol. The van der Waals surface area contributed by atoms with Gasteiger partial charge in [0.25, 0.3) is 5.72 Å². The lowest BCUT2D eigenvalue weighted by molar-refractivity contribution is -0.297. The number of nitrogens with zero attached hydrogens (tertiary/aromatic N) is 2. The van der Waals surface area contributed by atoms with Gasteiger partial charge in [-0.15, -0.1) is 0 Å². The molecule has 1 aliphatic rings. The molecule has 10 heteroatoms. The van der Waals surface area contributed by atoms with Crippen molar-refractivity contribution in [3.63, 3.8) is 0 Å². The van der Waals surface area contributed by atoms with Gasteiger partial charge in [-0.1, -0.05) is 0 Å². The maximum atomic E-state index is 13.2. The van der Waals surface area contributed by atoms with Crippen LogP contribution in [0.15, 0.2) is 45.9 Å². The maximum absolute atomic E-state index is 13.2. The second-order valence-electron chi connectivity index (χ2n) is 5.95. The fourth-order valence-electron chi connectivity index (χ4n) is 2.51. The van der Waals surface area contributed by atoms with E-state index >= 15 is 0 Å². The van der Waals surface area contributed by atoms with Crippen LogP contribution in [-0.4, -0.2) is 33.6 Å².